The van der Waals surface area contributed by atoms with Gasteiger partial charge in [0.05, 0.1) is 18.6 Å². The van der Waals surface area contributed by atoms with Gasteiger partial charge in [-0.15, -0.1) is 0 Å². The molecule has 9 heteroatoms. The Bertz CT molecular complexity index is 508. The normalized spacial score (nSPS) is 22.6. The largest absolute Gasteiger partial charge is 0.480 e. The Morgan fingerprint density at radius 1 is 1.33 bits per heavy atom. The molecule has 0 unspecified atom stereocenters. The van der Waals surface area contributed by atoms with Crippen molar-refractivity contribution < 1.29 is 34.1 Å². The molecule has 0 aromatic rings. The maximum atomic E-state index is 12.3. The molecule has 1 saturated heterocycles. The highest BCUT2D eigenvalue weighted by molar-refractivity contribution is 5.90. The molecule has 1 aliphatic rings. The van der Waals surface area contributed by atoms with Gasteiger partial charge in [-0.25, -0.2) is 4.79 Å². The quantitative estimate of drug-likeness (QED) is 0.511. The van der Waals surface area contributed by atoms with Crippen molar-refractivity contribution in [2.75, 3.05) is 13.2 Å². The van der Waals surface area contributed by atoms with Crippen molar-refractivity contribution in [2.45, 2.75) is 51.8 Å². The molecule has 3 N–H and O–H groups in total. The fourth-order valence-electron chi connectivity index (χ4n) is 2.63. The van der Waals surface area contributed by atoms with Crippen LogP contribution >= 0.6 is 0 Å². The number of hydrogen-bond acceptors (Lipinski definition) is 6. The van der Waals surface area contributed by atoms with Crippen molar-refractivity contribution in [3.63, 3.8) is 0 Å². The first kappa shape index (κ1) is 19.9. The van der Waals surface area contributed by atoms with Crippen molar-refractivity contribution in [3.05, 3.63) is 0 Å². The predicted molar refractivity (Wildman–Crippen MR) is 81.8 cm³/mol. The Hall–Kier alpha value is -2.16. The lowest BCUT2D eigenvalue weighted by Gasteiger charge is -2.24. The minimum absolute atomic E-state index is 0.0321. The minimum Gasteiger partial charge on any atom is -0.480 e. The van der Waals surface area contributed by atoms with E-state index in [1.807, 2.05) is 0 Å². The lowest BCUT2D eigenvalue weighted by Crippen LogP contribution is -2.51. The number of amides is 2. The van der Waals surface area contributed by atoms with Gasteiger partial charge in [0.25, 0.3) is 0 Å². The highest BCUT2D eigenvalue weighted by Gasteiger charge is 2.39. The molecule has 0 spiro atoms. The molecular weight excluding hydrogens is 320 g/mol. The molecule has 136 valence electrons. The van der Waals surface area contributed by atoms with Gasteiger partial charge in [-0.1, -0.05) is 6.92 Å². The zero-order chi connectivity index (χ0) is 18.4. The van der Waals surface area contributed by atoms with Crippen LogP contribution in [0.15, 0.2) is 0 Å². The van der Waals surface area contributed by atoms with Crippen molar-refractivity contribution in [2.24, 2.45) is 5.92 Å². The second-order valence-corrected chi connectivity index (χ2v) is 5.86. The van der Waals surface area contributed by atoms with E-state index in [1.54, 1.807) is 6.92 Å². The summed E-state index contributed by atoms with van der Waals surface area (Å²) in [4.78, 5) is 48.0. The Balaban J connectivity index is 2.74. The maximum absolute atomic E-state index is 12.3. The van der Waals surface area contributed by atoms with Crippen LogP contribution < -0.4 is 5.32 Å². The second kappa shape index (κ2) is 8.62. The van der Waals surface area contributed by atoms with Gasteiger partial charge >= 0.3 is 11.9 Å². The number of hydrogen-bond donors (Lipinski definition) is 3. The molecule has 2 amide bonds. The molecule has 1 aliphatic heterocycles. The molecule has 9 nitrogen and oxygen atoms in total. The van der Waals surface area contributed by atoms with Gasteiger partial charge in [0, 0.05) is 19.9 Å². The smallest absolute Gasteiger partial charge is 0.326 e. The molecule has 1 heterocycles. The van der Waals surface area contributed by atoms with Crippen molar-refractivity contribution in [1.29, 1.82) is 0 Å². The molecule has 4 atom stereocenters. The van der Waals surface area contributed by atoms with Gasteiger partial charge in [0.1, 0.15) is 12.1 Å². The average molecular weight is 344 g/mol. The number of ether oxygens (including phenoxy) is 1. The highest BCUT2D eigenvalue weighted by Crippen LogP contribution is 2.19. The molecule has 1 rings (SSSR count). The van der Waals surface area contributed by atoms with Crippen LogP contribution in [-0.4, -0.2) is 70.2 Å². The second-order valence-electron chi connectivity index (χ2n) is 5.86. The first-order valence-corrected chi connectivity index (χ1v) is 7.82. The lowest BCUT2D eigenvalue weighted by atomic mass is 10.0. The number of esters is 1. The topological polar surface area (TPSA) is 133 Å². The Labute approximate surface area is 140 Å². The standard InChI is InChI=1S/C15H24N2O7/c1-4-24-15(23)8(2)5-11(14(21)22)16-13(20)12-6-10(19)7-17(12)9(3)18/h8,10-12,19H,4-7H2,1-3H3,(H,16,20)(H,21,22)/t8-,10+,11+,12-/m0/s1. The summed E-state index contributed by atoms with van der Waals surface area (Å²) in [6.45, 7) is 4.64. The van der Waals surface area contributed by atoms with E-state index in [0.717, 1.165) is 0 Å². The van der Waals surface area contributed by atoms with Crippen LogP contribution in [0.5, 0.6) is 0 Å². The van der Waals surface area contributed by atoms with Crippen molar-refractivity contribution in [3.8, 4) is 0 Å². The number of likely N-dealkylation sites (tertiary alicyclic amines) is 1. The summed E-state index contributed by atoms with van der Waals surface area (Å²) in [6, 6.07) is -2.21. The molecule has 24 heavy (non-hydrogen) atoms. The predicted octanol–water partition coefficient (Wildman–Crippen LogP) is -0.873. The highest BCUT2D eigenvalue weighted by atomic mass is 16.5. The van der Waals surface area contributed by atoms with Crippen LogP contribution in [0.4, 0.5) is 0 Å². The van der Waals surface area contributed by atoms with Gasteiger partial charge in [0.2, 0.25) is 11.8 Å². The van der Waals surface area contributed by atoms with E-state index >= 15 is 0 Å². The van der Waals surface area contributed by atoms with E-state index in [1.165, 1.54) is 18.7 Å². The molecule has 0 bridgehead atoms. The fraction of sp³-hybridized carbons (Fsp3) is 0.733. The number of carboxylic acids is 1. The van der Waals surface area contributed by atoms with Crippen LogP contribution in [0, 0.1) is 5.92 Å². The van der Waals surface area contributed by atoms with Crippen LogP contribution in [0.1, 0.15) is 33.6 Å². The number of nitrogens with one attached hydrogen (secondary N) is 1. The number of β-amino-alcohol motifs (C(OH)–C–C–N with tert-alkyl or cyclic N) is 1. The van der Waals surface area contributed by atoms with Crippen molar-refractivity contribution >= 4 is 23.8 Å². The minimum atomic E-state index is -1.29. The zero-order valence-electron chi connectivity index (χ0n) is 14.0. The number of carboxylic acid groups (broad SMARTS) is 1. The molecular formula is C15H24N2O7. The average Bonchev–Trinajstić information content (AvgIpc) is 2.88. The van der Waals surface area contributed by atoms with E-state index in [-0.39, 0.29) is 31.9 Å². The van der Waals surface area contributed by atoms with Gasteiger partial charge in [-0.3, -0.25) is 14.4 Å². The van der Waals surface area contributed by atoms with E-state index in [9.17, 15) is 29.4 Å². The molecule has 0 aromatic carbocycles. The lowest BCUT2D eigenvalue weighted by molar-refractivity contribution is -0.149. The molecule has 1 fully saturated rings. The molecule has 0 aliphatic carbocycles. The summed E-state index contributed by atoms with van der Waals surface area (Å²) in [5, 5.41) is 21.2. The monoisotopic (exact) mass is 344 g/mol. The Morgan fingerprint density at radius 2 is 1.96 bits per heavy atom. The molecule has 0 radical (unpaired) electrons. The van der Waals surface area contributed by atoms with E-state index in [2.05, 4.69) is 5.32 Å². The number of aliphatic hydroxyl groups is 1. The van der Waals surface area contributed by atoms with E-state index in [0.29, 0.717) is 0 Å². The third kappa shape index (κ3) is 5.19. The van der Waals surface area contributed by atoms with Crippen LogP contribution in [0.3, 0.4) is 0 Å². The van der Waals surface area contributed by atoms with E-state index in [4.69, 9.17) is 4.74 Å². The maximum Gasteiger partial charge on any atom is 0.326 e. The van der Waals surface area contributed by atoms with Crippen LogP contribution in [-0.2, 0) is 23.9 Å². The number of carbonyl (C=O) groups excluding carboxylic acids is 3. The summed E-state index contributed by atoms with van der Waals surface area (Å²) in [6.07, 6.45) is -0.910. The van der Waals surface area contributed by atoms with Crippen LogP contribution in [0.25, 0.3) is 0 Å². The third-order valence-electron chi connectivity index (χ3n) is 3.88. The first-order chi connectivity index (χ1) is 11.2. The Morgan fingerprint density at radius 3 is 2.46 bits per heavy atom. The number of aliphatic hydroxyl groups excluding tert-OH is 1. The van der Waals surface area contributed by atoms with Crippen LogP contribution in [0.2, 0.25) is 0 Å². The summed E-state index contributed by atoms with van der Waals surface area (Å²) < 4.78 is 4.82. The number of nitrogens with zero attached hydrogens (tertiary/aromatic N) is 1. The SMILES string of the molecule is CCOC(=O)[C@@H](C)C[C@@H](NC(=O)[C@@H]1C[C@@H](O)CN1C(C)=O)C(=O)O. The third-order valence-corrected chi connectivity index (χ3v) is 3.88. The molecule has 0 aromatic heterocycles. The van der Waals surface area contributed by atoms with Gasteiger partial charge < -0.3 is 25.2 Å². The van der Waals surface area contributed by atoms with Gasteiger partial charge in [0.15, 0.2) is 0 Å². The number of aliphatic carboxylic acids is 1. The number of rotatable bonds is 7. The Kier molecular flexibility index (Phi) is 7.15. The summed E-state index contributed by atoms with van der Waals surface area (Å²) in [5.74, 6) is -3.57. The van der Waals surface area contributed by atoms with Gasteiger partial charge in [-0.2, -0.15) is 0 Å². The summed E-state index contributed by atoms with van der Waals surface area (Å²) >= 11 is 0. The van der Waals surface area contributed by atoms with Crippen molar-refractivity contribution in [1.82, 2.24) is 10.2 Å². The van der Waals surface area contributed by atoms with E-state index < -0.39 is 42.0 Å². The zero-order valence-corrected chi connectivity index (χ0v) is 14.0. The van der Waals surface area contributed by atoms with Gasteiger partial charge in [-0.05, 0) is 13.3 Å². The summed E-state index contributed by atoms with van der Waals surface area (Å²) in [7, 11) is 0. The molecule has 0 saturated carbocycles. The first-order valence-electron chi connectivity index (χ1n) is 7.82. The summed E-state index contributed by atoms with van der Waals surface area (Å²) in [5.41, 5.74) is 0. The number of carbonyl (C=O) groups is 4. The fourth-order valence-corrected chi connectivity index (χ4v) is 2.63.